The lowest BCUT2D eigenvalue weighted by Crippen LogP contribution is -2.09. The molecule has 1 aromatic rings. The van der Waals surface area contributed by atoms with Crippen LogP contribution in [0.3, 0.4) is 0 Å². The van der Waals surface area contributed by atoms with E-state index in [4.69, 9.17) is 4.74 Å². The minimum absolute atomic E-state index is 0.122. The molecule has 0 atom stereocenters. The summed E-state index contributed by atoms with van der Waals surface area (Å²) in [6.07, 6.45) is 3.24. The van der Waals surface area contributed by atoms with Gasteiger partial charge in [0.2, 0.25) is 0 Å². The topological polar surface area (TPSA) is 34.4 Å². The second kappa shape index (κ2) is 6.64. The largest absolute Gasteiger partial charge is 0.390 e. The van der Waals surface area contributed by atoms with Crippen molar-refractivity contribution in [1.29, 1.82) is 0 Å². The van der Waals surface area contributed by atoms with Crippen molar-refractivity contribution in [2.24, 2.45) is 0 Å². The van der Waals surface area contributed by atoms with Crippen molar-refractivity contribution in [3.63, 3.8) is 0 Å². The molecule has 3 nitrogen and oxygen atoms in total. The van der Waals surface area contributed by atoms with Gasteiger partial charge in [0.25, 0.3) is 0 Å². The lowest BCUT2D eigenvalue weighted by atomic mass is 10.3. The van der Waals surface area contributed by atoms with E-state index in [1.807, 2.05) is 6.07 Å². The molecule has 0 amide bonds. The van der Waals surface area contributed by atoms with E-state index in [1.54, 1.807) is 7.11 Å². The molecule has 1 heterocycles. The summed E-state index contributed by atoms with van der Waals surface area (Å²) in [4.78, 5) is 0. The fourth-order valence-electron chi connectivity index (χ4n) is 1.72. The minimum atomic E-state index is 0.122. The quantitative estimate of drug-likeness (QED) is 0.748. The van der Waals surface area contributed by atoms with E-state index < -0.39 is 0 Å². The maximum atomic E-state index is 9.20. The van der Waals surface area contributed by atoms with Crippen molar-refractivity contribution in [2.75, 3.05) is 13.7 Å². The van der Waals surface area contributed by atoms with Gasteiger partial charge in [-0.3, -0.25) is 0 Å². The number of aliphatic hydroxyl groups excluding tert-OH is 1. The molecule has 0 aliphatic heterocycles. The van der Waals surface area contributed by atoms with E-state index >= 15 is 0 Å². The van der Waals surface area contributed by atoms with Crippen LogP contribution >= 0.6 is 0 Å². The van der Waals surface area contributed by atoms with Gasteiger partial charge in [0.1, 0.15) is 0 Å². The number of aromatic nitrogens is 1. The zero-order valence-electron chi connectivity index (χ0n) is 9.70. The molecule has 0 bridgehead atoms. The third-order valence-electron chi connectivity index (χ3n) is 2.62. The first-order chi connectivity index (χ1) is 7.33. The van der Waals surface area contributed by atoms with E-state index in [0.717, 1.165) is 31.7 Å². The molecule has 1 aromatic heterocycles. The molecule has 0 fully saturated rings. The second-order valence-corrected chi connectivity index (χ2v) is 3.72. The predicted molar refractivity (Wildman–Crippen MR) is 60.8 cm³/mol. The Morgan fingerprint density at radius 1 is 1.33 bits per heavy atom. The van der Waals surface area contributed by atoms with E-state index in [1.165, 1.54) is 12.1 Å². The van der Waals surface area contributed by atoms with Gasteiger partial charge in [0.15, 0.2) is 0 Å². The highest BCUT2D eigenvalue weighted by molar-refractivity contribution is 5.16. The van der Waals surface area contributed by atoms with Gasteiger partial charge >= 0.3 is 0 Å². The van der Waals surface area contributed by atoms with Crippen LogP contribution < -0.4 is 0 Å². The lowest BCUT2D eigenvalue weighted by molar-refractivity contribution is 0.200. The molecule has 0 aliphatic rings. The van der Waals surface area contributed by atoms with E-state index in [2.05, 4.69) is 17.6 Å². The van der Waals surface area contributed by atoms with Crippen molar-refractivity contribution >= 4 is 0 Å². The molecule has 86 valence electrons. The van der Waals surface area contributed by atoms with Gasteiger partial charge < -0.3 is 14.4 Å². The fourth-order valence-corrected chi connectivity index (χ4v) is 1.72. The van der Waals surface area contributed by atoms with Crippen molar-refractivity contribution in [3.05, 3.63) is 23.5 Å². The maximum Gasteiger partial charge on any atom is 0.0832 e. The number of rotatable bonds is 7. The minimum Gasteiger partial charge on any atom is -0.390 e. The molecule has 3 heteroatoms. The van der Waals surface area contributed by atoms with E-state index in [9.17, 15) is 5.11 Å². The summed E-state index contributed by atoms with van der Waals surface area (Å²) >= 11 is 0. The molecule has 0 radical (unpaired) electrons. The molecular weight excluding hydrogens is 190 g/mol. The molecule has 1 rings (SSSR count). The van der Waals surface area contributed by atoms with Crippen LogP contribution in [0.25, 0.3) is 0 Å². The SMILES string of the molecule is CCCCn1c(CO)ccc1CCOC. The highest BCUT2D eigenvalue weighted by Gasteiger charge is 2.06. The molecule has 0 saturated carbocycles. The van der Waals surface area contributed by atoms with Crippen LogP contribution in [0.1, 0.15) is 31.2 Å². The molecule has 1 N–H and O–H groups in total. The Balaban J connectivity index is 2.70. The van der Waals surface area contributed by atoms with Crippen LogP contribution in [0.4, 0.5) is 0 Å². The van der Waals surface area contributed by atoms with Crippen LogP contribution in [0.2, 0.25) is 0 Å². The highest BCUT2D eigenvalue weighted by Crippen LogP contribution is 2.12. The number of nitrogens with zero attached hydrogens (tertiary/aromatic N) is 1. The van der Waals surface area contributed by atoms with Crippen molar-refractivity contribution in [1.82, 2.24) is 4.57 Å². The smallest absolute Gasteiger partial charge is 0.0832 e. The van der Waals surface area contributed by atoms with E-state index in [0.29, 0.717) is 0 Å². The van der Waals surface area contributed by atoms with Gasteiger partial charge in [-0.2, -0.15) is 0 Å². The summed E-state index contributed by atoms with van der Waals surface area (Å²) in [6, 6.07) is 4.08. The number of hydrogen-bond acceptors (Lipinski definition) is 2. The predicted octanol–water partition coefficient (Wildman–Crippen LogP) is 1.97. The van der Waals surface area contributed by atoms with Gasteiger partial charge in [0, 0.05) is 31.5 Å². The highest BCUT2D eigenvalue weighted by atomic mass is 16.5. The first-order valence-corrected chi connectivity index (χ1v) is 5.60. The summed E-state index contributed by atoms with van der Waals surface area (Å²) in [5.74, 6) is 0. The number of aliphatic hydroxyl groups is 1. The van der Waals surface area contributed by atoms with Gasteiger partial charge in [-0.15, -0.1) is 0 Å². The van der Waals surface area contributed by atoms with Gasteiger partial charge in [-0.05, 0) is 18.6 Å². The molecule has 0 unspecified atom stereocenters. The van der Waals surface area contributed by atoms with Crippen LogP contribution in [0, 0.1) is 0 Å². The van der Waals surface area contributed by atoms with Gasteiger partial charge in [0.05, 0.1) is 13.2 Å². The van der Waals surface area contributed by atoms with Gasteiger partial charge in [-0.1, -0.05) is 13.3 Å². The average Bonchev–Trinajstić information content (AvgIpc) is 2.65. The average molecular weight is 211 g/mol. The Morgan fingerprint density at radius 3 is 2.67 bits per heavy atom. The zero-order valence-corrected chi connectivity index (χ0v) is 9.70. The van der Waals surface area contributed by atoms with Crippen molar-refractivity contribution < 1.29 is 9.84 Å². The second-order valence-electron chi connectivity index (χ2n) is 3.72. The summed E-state index contributed by atoms with van der Waals surface area (Å²) < 4.78 is 7.28. The van der Waals surface area contributed by atoms with Crippen LogP contribution in [-0.2, 0) is 24.3 Å². The number of ether oxygens (including phenoxy) is 1. The summed E-state index contributed by atoms with van der Waals surface area (Å²) in [5.41, 5.74) is 2.27. The normalized spacial score (nSPS) is 10.9. The number of unbranched alkanes of at least 4 members (excludes halogenated alkanes) is 1. The van der Waals surface area contributed by atoms with Crippen LogP contribution in [-0.4, -0.2) is 23.4 Å². The zero-order chi connectivity index (χ0) is 11.1. The molecule has 15 heavy (non-hydrogen) atoms. The Labute approximate surface area is 91.7 Å². The van der Waals surface area contributed by atoms with Crippen molar-refractivity contribution in [2.45, 2.75) is 39.3 Å². The molecule has 0 saturated heterocycles. The standard InChI is InChI=1S/C12H21NO2/c1-3-4-8-13-11(7-9-15-2)5-6-12(13)10-14/h5-6,14H,3-4,7-10H2,1-2H3. The fraction of sp³-hybridized carbons (Fsp3) is 0.667. The molecular formula is C12H21NO2. The molecule has 0 spiro atoms. The summed E-state index contributed by atoms with van der Waals surface area (Å²) in [5, 5.41) is 9.20. The lowest BCUT2D eigenvalue weighted by Gasteiger charge is -2.11. The summed E-state index contributed by atoms with van der Waals surface area (Å²) in [6.45, 7) is 4.03. The van der Waals surface area contributed by atoms with Crippen LogP contribution in [0.15, 0.2) is 12.1 Å². The van der Waals surface area contributed by atoms with Crippen molar-refractivity contribution in [3.8, 4) is 0 Å². The number of methoxy groups -OCH3 is 1. The maximum absolute atomic E-state index is 9.20. The van der Waals surface area contributed by atoms with Gasteiger partial charge in [-0.25, -0.2) is 0 Å². The summed E-state index contributed by atoms with van der Waals surface area (Å²) in [7, 11) is 1.71. The van der Waals surface area contributed by atoms with Crippen LogP contribution in [0.5, 0.6) is 0 Å². The third kappa shape index (κ3) is 3.36. The Morgan fingerprint density at radius 2 is 2.07 bits per heavy atom. The molecule has 0 aromatic carbocycles. The monoisotopic (exact) mass is 211 g/mol. The Bertz CT molecular complexity index is 281. The number of hydrogen-bond donors (Lipinski definition) is 1. The Kier molecular flexibility index (Phi) is 5.43. The molecule has 0 aliphatic carbocycles. The first kappa shape index (κ1) is 12.3. The third-order valence-corrected chi connectivity index (χ3v) is 2.62. The Hall–Kier alpha value is -0.800. The van der Waals surface area contributed by atoms with E-state index in [-0.39, 0.29) is 6.61 Å². The first-order valence-electron chi connectivity index (χ1n) is 5.60.